The van der Waals surface area contributed by atoms with Gasteiger partial charge in [-0.05, 0) is 32.1 Å². The van der Waals surface area contributed by atoms with Crippen molar-refractivity contribution in [3.8, 4) is 5.88 Å². The van der Waals surface area contributed by atoms with Crippen molar-refractivity contribution in [1.29, 1.82) is 0 Å². The van der Waals surface area contributed by atoms with Crippen molar-refractivity contribution in [3.63, 3.8) is 0 Å². The van der Waals surface area contributed by atoms with E-state index in [1.54, 1.807) is 7.11 Å². The molecule has 0 amide bonds. The number of nitrogens with one attached hydrogen (secondary N) is 1. The maximum Gasteiger partial charge on any atom is 0.221 e. The summed E-state index contributed by atoms with van der Waals surface area (Å²) in [5, 5.41) is 3.71. The lowest BCUT2D eigenvalue weighted by Gasteiger charge is -2.13. The van der Waals surface area contributed by atoms with Gasteiger partial charge in [0.15, 0.2) is 0 Å². The van der Waals surface area contributed by atoms with Crippen LogP contribution in [0.2, 0.25) is 0 Å². The molecule has 0 saturated heterocycles. The van der Waals surface area contributed by atoms with Crippen molar-refractivity contribution in [1.82, 2.24) is 9.97 Å². The summed E-state index contributed by atoms with van der Waals surface area (Å²) in [6.45, 7) is 2.88. The van der Waals surface area contributed by atoms with Crippen molar-refractivity contribution >= 4 is 17.4 Å². The number of ether oxygens (including phenoxy) is 1. The average molecular weight is 256 g/mol. The van der Waals surface area contributed by atoms with Crippen molar-refractivity contribution in [3.05, 3.63) is 11.9 Å². The van der Waals surface area contributed by atoms with Crippen LogP contribution >= 0.6 is 11.6 Å². The standard InChI is InChI=1S/C12H18ClN3O/c1-8-11(15-7-16-12(8)17-2)14-6-9-3-4-10(13)5-9/h7,9-10H,3-6H2,1-2H3,(H,14,15,16). The first-order chi connectivity index (χ1) is 8.20. The second kappa shape index (κ2) is 5.54. The van der Waals surface area contributed by atoms with E-state index >= 15 is 0 Å². The fourth-order valence-corrected chi connectivity index (χ4v) is 2.64. The zero-order valence-corrected chi connectivity index (χ0v) is 11.0. The Balaban J connectivity index is 1.95. The minimum atomic E-state index is 0.350. The molecule has 94 valence electrons. The summed E-state index contributed by atoms with van der Waals surface area (Å²) in [4.78, 5) is 8.29. The summed E-state index contributed by atoms with van der Waals surface area (Å²) >= 11 is 6.09. The number of alkyl halides is 1. The molecule has 0 aliphatic heterocycles. The smallest absolute Gasteiger partial charge is 0.221 e. The lowest BCUT2D eigenvalue weighted by Crippen LogP contribution is -2.14. The van der Waals surface area contributed by atoms with Crippen LogP contribution in [0.5, 0.6) is 5.88 Å². The molecule has 1 aliphatic carbocycles. The maximum atomic E-state index is 6.09. The second-order valence-electron chi connectivity index (χ2n) is 4.51. The molecule has 1 aromatic rings. The zero-order valence-electron chi connectivity index (χ0n) is 10.2. The third kappa shape index (κ3) is 3.00. The van der Waals surface area contributed by atoms with E-state index in [0.717, 1.165) is 30.8 Å². The predicted molar refractivity (Wildman–Crippen MR) is 68.8 cm³/mol. The Hall–Kier alpha value is -1.03. The lowest BCUT2D eigenvalue weighted by atomic mass is 10.1. The van der Waals surface area contributed by atoms with Crippen molar-refractivity contribution in [2.24, 2.45) is 5.92 Å². The zero-order chi connectivity index (χ0) is 12.3. The molecule has 1 aliphatic rings. The number of hydrogen-bond donors (Lipinski definition) is 1. The Morgan fingerprint density at radius 1 is 1.47 bits per heavy atom. The molecule has 1 N–H and O–H groups in total. The number of nitrogens with zero attached hydrogens (tertiary/aromatic N) is 2. The number of hydrogen-bond acceptors (Lipinski definition) is 4. The van der Waals surface area contributed by atoms with Gasteiger partial charge in [0.1, 0.15) is 12.1 Å². The van der Waals surface area contributed by atoms with Crippen molar-refractivity contribution in [2.45, 2.75) is 31.6 Å². The molecule has 0 bridgehead atoms. The fraction of sp³-hybridized carbons (Fsp3) is 0.667. The summed E-state index contributed by atoms with van der Waals surface area (Å²) in [7, 11) is 1.62. The first-order valence-corrected chi connectivity index (χ1v) is 6.38. The van der Waals surface area contributed by atoms with Crippen LogP contribution in [-0.2, 0) is 0 Å². The Bertz CT molecular complexity index is 386. The topological polar surface area (TPSA) is 47.0 Å². The fourth-order valence-electron chi connectivity index (χ4n) is 2.26. The Morgan fingerprint density at radius 2 is 2.29 bits per heavy atom. The van der Waals surface area contributed by atoms with Gasteiger partial charge in [-0.2, -0.15) is 0 Å². The van der Waals surface area contributed by atoms with E-state index in [9.17, 15) is 0 Å². The Labute approximate surface area is 107 Å². The highest BCUT2D eigenvalue weighted by molar-refractivity contribution is 6.20. The van der Waals surface area contributed by atoms with Crippen LogP contribution < -0.4 is 10.1 Å². The molecular formula is C12H18ClN3O. The first-order valence-electron chi connectivity index (χ1n) is 5.94. The van der Waals surface area contributed by atoms with Crippen LogP contribution in [0.25, 0.3) is 0 Å². The molecule has 1 heterocycles. The highest BCUT2D eigenvalue weighted by atomic mass is 35.5. The highest BCUT2D eigenvalue weighted by Gasteiger charge is 2.22. The average Bonchev–Trinajstić information content (AvgIpc) is 2.74. The van der Waals surface area contributed by atoms with Crippen LogP contribution in [-0.4, -0.2) is 29.0 Å². The van der Waals surface area contributed by atoms with Crippen molar-refractivity contribution in [2.75, 3.05) is 19.0 Å². The number of anilines is 1. The van der Waals surface area contributed by atoms with Gasteiger partial charge in [0.05, 0.1) is 12.7 Å². The first kappa shape index (κ1) is 12.4. The molecule has 0 spiro atoms. The van der Waals surface area contributed by atoms with Crippen LogP contribution in [0.4, 0.5) is 5.82 Å². The van der Waals surface area contributed by atoms with Crippen LogP contribution in [0, 0.1) is 12.8 Å². The van der Waals surface area contributed by atoms with Crippen molar-refractivity contribution < 1.29 is 4.74 Å². The van der Waals surface area contributed by atoms with E-state index in [-0.39, 0.29) is 0 Å². The minimum absolute atomic E-state index is 0.350. The van der Waals surface area contributed by atoms with Gasteiger partial charge in [-0.15, -0.1) is 11.6 Å². The van der Waals surface area contributed by atoms with Gasteiger partial charge in [-0.3, -0.25) is 0 Å². The number of rotatable bonds is 4. The molecule has 4 nitrogen and oxygen atoms in total. The summed E-state index contributed by atoms with van der Waals surface area (Å²) in [6, 6.07) is 0. The quantitative estimate of drug-likeness (QED) is 0.841. The minimum Gasteiger partial charge on any atom is -0.481 e. The molecule has 2 atom stereocenters. The Morgan fingerprint density at radius 3 is 2.94 bits per heavy atom. The summed E-state index contributed by atoms with van der Waals surface area (Å²) in [5.41, 5.74) is 0.954. The molecule has 0 radical (unpaired) electrons. The van der Waals surface area contributed by atoms with E-state index < -0.39 is 0 Å². The van der Waals surface area contributed by atoms with Gasteiger partial charge in [0, 0.05) is 11.9 Å². The third-order valence-corrected chi connectivity index (χ3v) is 3.66. The molecule has 1 fully saturated rings. The molecule has 1 saturated carbocycles. The van der Waals surface area contributed by atoms with E-state index in [0.29, 0.717) is 17.2 Å². The van der Waals surface area contributed by atoms with Gasteiger partial charge in [0.25, 0.3) is 0 Å². The van der Waals surface area contributed by atoms with Gasteiger partial charge < -0.3 is 10.1 Å². The molecule has 2 unspecified atom stereocenters. The highest BCUT2D eigenvalue weighted by Crippen LogP contribution is 2.30. The predicted octanol–water partition coefficient (Wildman–Crippen LogP) is 2.61. The largest absolute Gasteiger partial charge is 0.481 e. The maximum absolute atomic E-state index is 6.09. The third-order valence-electron chi connectivity index (χ3n) is 3.27. The summed E-state index contributed by atoms with van der Waals surface area (Å²) in [5.74, 6) is 2.14. The van der Waals surface area contributed by atoms with Crippen LogP contribution in [0.3, 0.4) is 0 Å². The monoisotopic (exact) mass is 255 g/mol. The van der Waals surface area contributed by atoms with Gasteiger partial charge in [0.2, 0.25) is 5.88 Å². The van der Waals surface area contributed by atoms with Crippen LogP contribution in [0.1, 0.15) is 24.8 Å². The van der Waals surface area contributed by atoms with E-state index in [2.05, 4.69) is 15.3 Å². The Kier molecular flexibility index (Phi) is 4.05. The second-order valence-corrected chi connectivity index (χ2v) is 5.13. The van der Waals surface area contributed by atoms with Gasteiger partial charge in [-0.1, -0.05) is 0 Å². The molecule has 0 aromatic carbocycles. The summed E-state index contributed by atoms with van der Waals surface area (Å²) in [6.07, 6.45) is 4.94. The van der Waals surface area contributed by atoms with E-state index in [1.807, 2.05) is 6.92 Å². The number of aromatic nitrogens is 2. The normalized spacial score (nSPS) is 23.7. The molecule has 17 heavy (non-hydrogen) atoms. The van der Waals surface area contributed by atoms with Crippen LogP contribution in [0.15, 0.2) is 6.33 Å². The van der Waals surface area contributed by atoms with Gasteiger partial charge >= 0.3 is 0 Å². The van der Waals surface area contributed by atoms with E-state index in [4.69, 9.17) is 16.3 Å². The SMILES string of the molecule is COc1ncnc(NCC2CCC(Cl)C2)c1C. The molecule has 2 rings (SSSR count). The molecular weight excluding hydrogens is 238 g/mol. The van der Waals surface area contributed by atoms with Gasteiger partial charge in [-0.25, -0.2) is 9.97 Å². The molecule has 5 heteroatoms. The summed E-state index contributed by atoms with van der Waals surface area (Å²) < 4.78 is 5.16. The number of halogens is 1. The van der Waals surface area contributed by atoms with E-state index in [1.165, 1.54) is 12.7 Å². The molecule has 1 aromatic heterocycles. The number of methoxy groups -OCH3 is 1. The lowest BCUT2D eigenvalue weighted by molar-refractivity contribution is 0.393.